The van der Waals surface area contributed by atoms with Gasteiger partial charge in [0.25, 0.3) is 0 Å². The minimum absolute atomic E-state index is 0.648. The summed E-state index contributed by atoms with van der Waals surface area (Å²) in [4.78, 5) is 0. The number of rotatable bonds is 8. The smallest absolute Gasteiger partial charge is 0.110 e. The Morgan fingerprint density at radius 3 is 0.864 bits per heavy atom. The molecule has 0 radical (unpaired) electrons. The lowest BCUT2D eigenvalue weighted by Crippen LogP contribution is -2.44. The van der Waals surface area contributed by atoms with Crippen LogP contribution in [0.5, 0.6) is 0 Å². The van der Waals surface area contributed by atoms with Crippen molar-refractivity contribution in [3.8, 4) is 0 Å². The molecule has 0 bridgehead atoms. The zero-order valence-corrected chi connectivity index (χ0v) is 12.5. The highest BCUT2D eigenvalue weighted by atomic mass is 16.4. The molecule has 10 N–H and O–H groups in total. The predicted octanol–water partition coefficient (Wildman–Crippen LogP) is -5.12. The van der Waals surface area contributed by atoms with Crippen molar-refractivity contribution in [1.82, 2.24) is 0 Å². The third-order valence-electron chi connectivity index (χ3n) is 2.85. The Balaban J connectivity index is 0. The van der Waals surface area contributed by atoms with Crippen LogP contribution in [0, 0.1) is 0 Å². The molecule has 0 saturated heterocycles. The van der Waals surface area contributed by atoms with Crippen LogP contribution in [0.2, 0.25) is 0 Å². The van der Waals surface area contributed by atoms with Gasteiger partial charge in [-0.05, 0) is 13.8 Å². The van der Waals surface area contributed by atoms with E-state index in [0.717, 1.165) is 0 Å². The summed E-state index contributed by atoms with van der Waals surface area (Å²) >= 11 is 0. The number of aliphatic hydroxyl groups excluding tert-OH is 10. The third kappa shape index (κ3) is 8.90. The molecule has 8 unspecified atom stereocenters. The summed E-state index contributed by atoms with van der Waals surface area (Å²) in [5.74, 6) is 0. The van der Waals surface area contributed by atoms with E-state index in [1.165, 1.54) is 13.8 Å². The lowest BCUT2D eigenvalue weighted by atomic mass is 10.1. The predicted molar refractivity (Wildman–Crippen MR) is 73.6 cm³/mol. The van der Waals surface area contributed by atoms with Crippen LogP contribution in [0.25, 0.3) is 0 Å². The first-order valence-corrected chi connectivity index (χ1v) is 6.67. The van der Waals surface area contributed by atoms with Crippen LogP contribution in [0.4, 0.5) is 0 Å². The van der Waals surface area contributed by atoms with Gasteiger partial charge in [-0.25, -0.2) is 0 Å². The van der Waals surface area contributed by atoms with Crippen molar-refractivity contribution in [1.29, 1.82) is 0 Å². The summed E-state index contributed by atoms with van der Waals surface area (Å²) in [7, 11) is 0. The van der Waals surface area contributed by atoms with E-state index in [0.29, 0.717) is 0 Å². The lowest BCUT2D eigenvalue weighted by molar-refractivity contribution is -0.110. The number of hydrogen-bond acceptors (Lipinski definition) is 10. The molecule has 0 spiro atoms. The van der Waals surface area contributed by atoms with Gasteiger partial charge < -0.3 is 51.1 Å². The molecule has 10 nitrogen and oxygen atoms in total. The van der Waals surface area contributed by atoms with Crippen molar-refractivity contribution < 1.29 is 51.1 Å². The van der Waals surface area contributed by atoms with Gasteiger partial charge in [0.2, 0.25) is 0 Å². The molecule has 0 aliphatic heterocycles. The van der Waals surface area contributed by atoms with Crippen LogP contribution >= 0.6 is 0 Å². The molecule has 0 aromatic rings. The molecule has 0 amide bonds. The maximum Gasteiger partial charge on any atom is 0.110 e. The van der Waals surface area contributed by atoms with Crippen molar-refractivity contribution in [2.24, 2.45) is 0 Å². The van der Waals surface area contributed by atoms with E-state index in [4.69, 9.17) is 51.1 Å². The van der Waals surface area contributed by atoms with E-state index in [1.54, 1.807) is 0 Å². The van der Waals surface area contributed by atoms with E-state index in [-0.39, 0.29) is 0 Å². The van der Waals surface area contributed by atoms with Gasteiger partial charge in [-0.15, -0.1) is 0 Å². The maximum absolute atomic E-state index is 8.94. The van der Waals surface area contributed by atoms with Crippen LogP contribution in [0.3, 0.4) is 0 Å². The van der Waals surface area contributed by atoms with Crippen LogP contribution in [0.1, 0.15) is 13.8 Å². The van der Waals surface area contributed by atoms with E-state index in [2.05, 4.69) is 0 Å². The van der Waals surface area contributed by atoms with Crippen LogP contribution < -0.4 is 0 Å². The monoisotopic (exact) mass is 332 g/mol. The second kappa shape index (κ2) is 12.1. The van der Waals surface area contributed by atoms with Gasteiger partial charge in [0, 0.05) is 0 Å². The summed E-state index contributed by atoms with van der Waals surface area (Å²) in [5, 5.41) is 87.4. The average molecular weight is 332 g/mol. The molecule has 0 fully saturated rings. The summed E-state index contributed by atoms with van der Waals surface area (Å²) < 4.78 is 0. The molecule has 0 aliphatic carbocycles. The first kappa shape index (κ1) is 23.9. The molecule has 0 saturated carbocycles. The summed E-state index contributed by atoms with van der Waals surface area (Å²) in [5.41, 5.74) is 0. The number of aliphatic hydroxyl groups is 10. The fourth-order valence-corrected chi connectivity index (χ4v) is 1.24. The Labute approximate surface area is 128 Å². The molecule has 0 aromatic heterocycles. The molecule has 136 valence electrons. The average Bonchev–Trinajstić information content (AvgIpc) is 2.50. The van der Waals surface area contributed by atoms with Gasteiger partial charge in [0.05, 0.1) is 25.4 Å². The largest absolute Gasteiger partial charge is 0.394 e. The van der Waals surface area contributed by atoms with Crippen molar-refractivity contribution >= 4 is 0 Å². The number of hydrogen-bond donors (Lipinski definition) is 10. The Morgan fingerprint density at radius 2 is 0.727 bits per heavy atom. The van der Waals surface area contributed by atoms with Gasteiger partial charge >= 0.3 is 0 Å². The van der Waals surface area contributed by atoms with Crippen LogP contribution in [0.15, 0.2) is 0 Å². The minimum Gasteiger partial charge on any atom is -0.394 e. The highest BCUT2D eigenvalue weighted by molar-refractivity contribution is 4.78. The molecule has 10 heteroatoms. The van der Waals surface area contributed by atoms with E-state index in [9.17, 15) is 0 Å². The minimum atomic E-state index is -1.51. The standard InChI is InChI=1S/2C6H14O5/c2*1-3(8)5(10)6(11)4(9)2-7/h2*3-11H,2H2,1H3. The van der Waals surface area contributed by atoms with Gasteiger partial charge in [0.15, 0.2) is 0 Å². The van der Waals surface area contributed by atoms with Crippen LogP contribution in [-0.2, 0) is 0 Å². The first-order chi connectivity index (χ1) is 10.0. The highest BCUT2D eigenvalue weighted by Gasteiger charge is 2.27. The normalized spacial score (nSPS) is 22.4. The molecule has 22 heavy (non-hydrogen) atoms. The van der Waals surface area contributed by atoms with E-state index >= 15 is 0 Å². The van der Waals surface area contributed by atoms with Crippen LogP contribution in [-0.4, -0.2) is 113 Å². The fourth-order valence-electron chi connectivity index (χ4n) is 1.24. The molecule has 8 atom stereocenters. The van der Waals surface area contributed by atoms with Crippen molar-refractivity contribution in [3.63, 3.8) is 0 Å². The summed E-state index contributed by atoms with van der Waals surface area (Å²) in [6, 6.07) is 0. The SMILES string of the molecule is CC(O)C(O)C(O)C(O)CO.CC(O)C(O)C(O)C(O)CO. The zero-order chi connectivity index (χ0) is 18.0. The Bertz CT molecular complexity index is 236. The quantitative estimate of drug-likeness (QED) is 0.205. The second-order valence-corrected chi connectivity index (χ2v) is 4.94. The topological polar surface area (TPSA) is 202 Å². The van der Waals surface area contributed by atoms with Gasteiger partial charge in [-0.1, -0.05) is 0 Å². The second-order valence-electron chi connectivity index (χ2n) is 4.94. The van der Waals surface area contributed by atoms with Gasteiger partial charge in [0.1, 0.15) is 36.6 Å². The zero-order valence-electron chi connectivity index (χ0n) is 12.5. The third-order valence-corrected chi connectivity index (χ3v) is 2.85. The maximum atomic E-state index is 8.94. The van der Waals surface area contributed by atoms with Gasteiger partial charge in [-0.3, -0.25) is 0 Å². The van der Waals surface area contributed by atoms with E-state index < -0.39 is 62.0 Å². The fraction of sp³-hybridized carbons (Fsp3) is 1.00. The summed E-state index contributed by atoms with van der Waals surface area (Å²) in [6.07, 6.45) is -11.0. The molecule has 0 aromatic carbocycles. The van der Waals surface area contributed by atoms with Crippen molar-refractivity contribution in [2.45, 2.75) is 62.7 Å². The lowest BCUT2D eigenvalue weighted by Gasteiger charge is -2.23. The molecule has 0 rings (SSSR count). The Kier molecular flexibility index (Phi) is 13.1. The Hall–Kier alpha value is -0.400. The molecule has 0 aliphatic rings. The molecular weight excluding hydrogens is 304 g/mol. The van der Waals surface area contributed by atoms with Gasteiger partial charge in [-0.2, -0.15) is 0 Å². The van der Waals surface area contributed by atoms with Crippen molar-refractivity contribution in [2.75, 3.05) is 13.2 Å². The van der Waals surface area contributed by atoms with E-state index in [1.807, 2.05) is 0 Å². The first-order valence-electron chi connectivity index (χ1n) is 6.67. The Morgan fingerprint density at radius 1 is 0.500 bits per heavy atom. The molecular formula is C12H28O10. The summed E-state index contributed by atoms with van der Waals surface area (Å²) in [6.45, 7) is 1.26. The highest BCUT2D eigenvalue weighted by Crippen LogP contribution is 2.04. The van der Waals surface area contributed by atoms with Crippen molar-refractivity contribution in [3.05, 3.63) is 0 Å². The molecule has 0 heterocycles.